The molecule has 2 amide bonds. The second kappa shape index (κ2) is 11.8. The number of nitrogens with zero attached hydrogens (tertiary/aromatic N) is 1. The van der Waals surface area contributed by atoms with Crippen molar-refractivity contribution in [3.8, 4) is 11.5 Å². The zero-order valence-electron chi connectivity index (χ0n) is 20.7. The molecular weight excluding hydrogens is 605 g/mol. The van der Waals surface area contributed by atoms with Crippen LogP contribution in [0.25, 0.3) is 16.8 Å². The summed E-state index contributed by atoms with van der Waals surface area (Å²) < 4.78 is 26.1. The first-order valence-corrected chi connectivity index (χ1v) is 14.1. The second-order valence-corrected chi connectivity index (χ2v) is 10.9. The highest BCUT2D eigenvalue weighted by molar-refractivity contribution is 9.10. The average Bonchev–Trinajstić information content (AvgIpc) is 3.17. The Labute approximate surface area is 242 Å². The van der Waals surface area contributed by atoms with Gasteiger partial charge in [0.15, 0.2) is 11.5 Å². The van der Waals surface area contributed by atoms with Crippen LogP contribution in [0.1, 0.15) is 23.6 Å². The minimum absolute atomic E-state index is 0.0457. The maximum absolute atomic E-state index is 13.4. The molecule has 0 atom stereocenters. The Kier molecular flexibility index (Phi) is 8.26. The highest BCUT2D eigenvalue weighted by Gasteiger charge is 2.35. The predicted octanol–water partition coefficient (Wildman–Crippen LogP) is 8.61. The molecule has 1 saturated heterocycles. The van der Waals surface area contributed by atoms with Crippen molar-refractivity contribution in [2.24, 2.45) is 0 Å². The first-order valence-electron chi connectivity index (χ1n) is 12.1. The molecule has 1 heterocycles. The normalized spacial score (nSPS) is 14.5. The van der Waals surface area contributed by atoms with E-state index >= 15 is 0 Å². The highest BCUT2D eigenvalue weighted by Crippen LogP contribution is 2.40. The van der Waals surface area contributed by atoms with E-state index in [0.29, 0.717) is 40.3 Å². The fourth-order valence-corrected chi connectivity index (χ4v) is 5.89. The first-order chi connectivity index (χ1) is 18.8. The Bertz CT molecular complexity index is 1620. The van der Waals surface area contributed by atoms with Crippen LogP contribution in [0.3, 0.4) is 0 Å². The predicted molar refractivity (Wildman–Crippen MR) is 157 cm³/mol. The van der Waals surface area contributed by atoms with Gasteiger partial charge in [-0.15, -0.1) is 0 Å². The van der Waals surface area contributed by atoms with Gasteiger partial charge < -0.3 is 9.47 Å². The molecule has 39 heavy (non-hydrogen) atoms. The van der Waals surface area contributed by atoms with Crippen molar-refractivity contribution in [3.05, 3.63) is 110 Å². The van der Waals surface area contributed by atoms with E-state index in [1.165, 1.54) is 12.1 Å². The molecule has 198 valence electrons. The fourth-order valence-electron chi connectivity index (χ4n) is 4.25. The molecule has 5 rings (SSSR count). The Balaban J connectivity index is 1.38. The molecule has 1 aliphatic rings. The van der Waals surface area contributed by atoms with Crippen LogP contribution in [0.15, 0.2) is 82.2 Å². The lowest BCUT2D eigenvalue weighted by Crippen LogP contribution is -2.27. The average molecular weight is 627 g/mol. The second-order valence-electron chi connectivity index (χ2n) is 8.69. The number of carbonyl (C=O) groups excluding carboxylic acids is 2. The third kappa shape index (κ3) is 5.98. The zero-order chi connectivity index (χ0) is 27.5. The van der Waals surface area contributed by atoms with Crippen LogP contribution in [0, 0.1) is 5.82 Å². The van der Waals surface area contributed by atoms with Crippen LogP contribution in [0.4, 0.5) is 9.18 Å². The van der Waals surface area contributed by atoms with Gasteiger partial charge in [-0.2, -0.15) is 0 Å². The molecule has 4 aromatic carbocycles. The molecule has 1 aliphatic heterocycles. The maximum atomic E-state index is 13.4. The molecule has 5 nitrogen and oxygen atoms in total. The molecule has 0 bridgehead atoms. The van der Waals surface area contributed by atoms with Gasteiger partial charge in [-0.3, -0.25) is 14.5 Å². The van der Waals surface area contributed by atoms with Gasteiger partial charge in [0.1, 0.15) is 12.4 Å². The molecule has 0 saturated carbocycles. The van der Waals surface area contributed by atoms with Gasteiger partial charge >= 0.3 is 0 Å². The van der Waals surface area contributed by atoms with E-state index in [0.717, 1.165) is 39.1 Å². The molecule has 0 N–H and O–H groups in total. The first kappa shape index (κ1) is 27.2. The number of imide groups is 1. The van der Waals surface area contributed by atoms with E-state index in [1.54, 1.807) is 12.1 Å². The lowest BCUT2D eigenvalue weighted by atomic mass is 10.1. The number of rotatable bonds is 8. The molecule has 0 radical (unpaired) electrons. The topological polar surface area (TPSA) is 55.8 Å². The molecule has 9 heteroatoms. The van der Waals surface area contributed by atoms with Crippen LogP contribution < -0.4 is 9.47 Å². The van der Waals surface area contributed by atoms with Crippen LogP contribution in [0.2, 0.25) is 5.02 Å². The molecular formula is C30H22BrClFNO4S. The number of halogens is 3. The summed E-state index contributed by atoms with van der Waals surface area (Å²) in [7, 11) is 0. The molecule has 1 fully saturated rings. The summed E-state index contributed by atoms with van der Waals surface area (Å²) in [5.74, 6) is 0.116. The number of benzene rings is 4. The highest BCUT2D eigenvalue weighted by atomic mass is 79.9. The Morgan fingerprint density at radius 3 is 2.59 bits per heavy atom. The zero-order valence-corrected chi connectivity index (χ0v) is 23.9. The number of ether oxygens (including phenoxy) is 2. The van der Waals surface area contributed by atoms with Crippen LogP contribution >= 0.6 is 39.3 Å². The monoisotopic (exact) mass is 625 g/mol. The Hall–Kier alpha value is -3.33. The van der Waals surface area contributed by atoms with E-state index in [1.807, 2.05) is 37.3 Å². The summed E-state index contributed by atoms with van der Waals surface area (Å²) in [6.07, 6.45) is 1.64. The summed E-state index contributed by atoms with van der Waals surface area (Å²) in [6.45, 7) is 2.58. The lowest BCUT2D eigenvalue weighted by Gasteiger charge is -2.16. The summed E-state index contributed by atoms with van der Waals surface area (Å²) in [6, 6.07) is 21.7. The van der Waals surface area contributed by atoms with E-state index in [-0.39, 0.29) is 16.5 Å². The van der Waals surface area contributed by atoms with Crippen LogP contribution in [0.5, 0.6) is 11.5 Å². The van der Waals surface area contributed by atoms with E-state index < -0.39 is 17.0 Å². The van der Waals surface area contributed by atoms with Crippen molar-refractivity contribution in [3.63, 3.8) is 0 Å². The number of thioether (sulfide) groups is 1. The van der Waals surface area contributed by atoms with Gasteiger partial charge in [0.2, 0.25) is 0 Å². The molecule has 0 unspecified atom stereocenters. The maximum Gasteiger partial charge on any atom is 0.293 e. The van der Waals surface area contributed by atoms with Gasteiger partial charge in [-0.25, -0.2) is 4.39 Å². The van der Waals surface area contributed by atoms with E-state index in [9.17, 15) is 14.0 Å². The standard InChI is InChI=1S/C30H22BrClFNO4S/c1-2-37-26-13-18(12-24(31)28(26)38-17-21-8-5-7-19-6-3-4-9-23(19)21)14-27-29(35)34(30(36)39-27)16-20-10-11-22(33)15-25(20)32/h3-15H,2,16-17H2,1H3/b27-14-. The smallest absolute Gasteiger partial charge is 0.293 e. The minimum Gasteiger partial charge on any atom is -0.490 e. The van der Waals surface area contributed by atoms with Gasteiger partial charge in [-0.05, 0) is 92.4 Å². The number of fused-ring (bicyclic) bond motifs is 1. The van der Waals surface area contributed by atoms with Crippen molar-refractivity contribution >= 4 is 67.3 Å². The largest absolute Gasteiger partial charge is 0.490 e. The van der Waals surface area contributed by atoms with Gasteiger partial charge in [-0.1, -0.05) is 60.1 Å². The van der Waals surface area contributed by atoms with Crippen LogP contribution in [-0.4, -0.2) is 22.7 Å². The number of carbonyl (C=O) groups is 2. The van der Waals surface area contributed by atoms with Gasteiger partial charge in [0.25, 0.3) is 11.1 Å². The van der Waals surface area contributed by atoms with Crippen molar-refractivity contribution in [2.45, 2.75) is 20.1 Å². The number of hydrogen-bond donors (Lipinski definition) is 0. The van der Waals surface area contributed by atoms with Crippen LogP contribution in [-0.2, 0) is 17.9 Å². The van der Waals surface area contributed by atoms with Crippen molar-refractivity contribution < 1.29 is 23.5 Å². The van der Waals surface area contributed by atoms with Gasteiger partial charge in [0.05, 0.1) is 22.5 Å². The Morgan fingerprint density at radius 1 is 1.00 bits per heavy atom. The lowest BCUT2D eigenvalue weighted by molar-refractivity contribution is -0.123. The van der Waals surface area contributed by atoms with Crippen molar-refractivity contribution in [1.82, 2.24) is 4.90 Å². The summed E-state index contributed by atoms with van der Waals surface area (Å²) >= 11 is 10.5. The third-order valence-corrected chi connectivity index (χ3v) is 7.95. The molecule has 0 spiro atoms. The quantitative estimate of drug-likeness (QED) is 0.183. The fraction of sp³-hybridized carbons (Fsp3) is 0.133. The molecule has 0 aromatic heterocycles. The third-order valence-electron chi connectivity index (χ3n) is 6.10. The summed E-state index contributed by atoms with van der Waals surface area (Å²) in [5.41, 5.74) is 2.19. The molecule has 4 aromatic rings. The number of amides is 2. The SMILES string of the molecule is CCOc1cc(/C=C2\SC(=O)N(Cc3ccc(F)cc3Cl)C2=O)cc(Br)c1OCc1cccc2ccccc12. The van der Waals surface area contributed by atoms with Crippen molar-refractivity contribution in [2.75, 3.05) is 6.61 Å². The van der Waals surface area contributed by atoms with Gasteiger partial charge in [0, 0.05) is 5.02 Å². The van der Waals surface area contributed by atoms with E-state index in [2.05, 4.69) is 34.1 Å². The summed E-state index contributed by atoms with van der Waals surface area (Å²) in [5, 5.41) is 1.98. The molecule has 0 aliphatic carbocycles. The number of hydrogen-bond acceptors (Lipinski definition) is 5. The summed E-state index contributed by atoms with van der Waals surface area (Å²) in [4.78, 5) is 27.0. The van der Waals surface area contributed by atoms with E-state index in [4.69, 9.17) is 21.1 Å². The van der Waals surface area contributed by atoms with Crippen molar-refractivity contribution in [1.29, 1.82) is 0 Å². The minimum atomic E-state index is -0.488. The Morgan fingerprint density at radius 2 is 1.79 bits per heavy atom.